The molecule has 2 aromatic carbocycles. The van der Waals surface area contributed by atoms with Crippen LogP contribution in [0.4, 0.5) is 4.39 Å². The maximum Gasteiger partial charge on any atom is 0.231 e. The zero-order chi connectivity index (χ0) is 20.8. The van der Waals surface area contributed by atoms with E-state index >= 15 is 0 Å². The van der Waals surface area contributed by atoms with Gasteiger partial charge in [-0.05, 0) is 55.4 Å². The van der Waals surface area contributed by atoms with E-state index in [1.165, 1.54) is 46.8 Å². The van der Waals surface area contributed by atoms with E-state index in [1.807, 2.05) is 30.3 Å². The fraction of sp³-hybridized carbons (Fsp3) is 0.200. The number of halogens is 1. The molecule has 0 aliphatic rings. The molecule has 0 spiro atoms. The van der Waals surface area contributed by atoms with Gasteiger partial charge in [0.25, 0.3) is 0 Å². The summed E-state index contributed by atoms with van der Waals surface area (Å²) in [5.41, 5.74) is 1.64. The minimum Gasteiger partial charge on any atom is -0.345 e. The van der Waals surface area contributed by atoms with E-state index in [9.17, 15) is 14.0 Å². The lowest BCUT2D eigenvalue weighted by molar-refractivity contribution is -0.125. The summed E-state index contributed by atoms with van der Waals surface area (Å²) in [5.74, 6) is -0.564. The average Bonchev–Trinajstić information content (AvgIpc) is 3.08. The Morgan fingerprint density at radius 2 is 1.90 bits per heavy atom. The Morgan fingerprint density at radius 3 is 2.55 bits per heavy atom. The summed E-state index contributed by atoms with van der Waals surface area (Å²) in [5, 5.41) is 7.18. The van der Waals surface area contributed by atoms with Crippen LogP contribution >= 0.6 is 35.3 Å². The number of rotatable bonds is 8. The van der Waals surface area contributed by atoms with Crippen LogP contribution in [0.15, 0.2) is 58.9 Å². The Bertz CT molecular complexity index is 1050. The van der Waals surface area contributed by atoms with Crippen LogP contribution in [0, 0.1) is 9.77 Å². The van der Waals surface area contributed by atoms with Crippen LogP contribution in [-0.4, -0.2) is 33.3 Å². The van der Waals surface area contributed by atoms with Crippen LogP contribution in [0.2, 0.25) is 0 Å². The molecule has 1 heterocycles. The molecule has 0 unspecified atom stereocenters. The maximum atomic E-state index is 13.1. The van der Waals surface area contributed by atoms with Crippen molar-refractivity contribution in [2.24, 2.45) is 0 Å². The topological polar surface area (TPSA) is 64.0 Å². The number of hydrogen-bond acceptors (Lipinski definition) is 6. The van der Waals surface area contributed by atoms with Crippen molar-refractivity contribution < 1.29 is 14.0 Å². The molecular formula is C20H18FN3O2S3. The van der Waals surface area contributed by atoms with E-state index in [-0.39, 0.29) is 23.3 Å². The molecule has 150 valence electrons. The highest BCUT2D eigenvalue weighted by atomic mass is 32.2. The lowest BCUT2D eigenvalue weighted by Crippen LogP contribution is -2.42. The Hall–Kier alpha value is -2.36. The molecule has 0 saturated carbocycles. The van der Waals surface area contributed by atoms with Gasteiger partial charge in [0, 0.05) is 0 Å². The standard InChI is InChI=1S/C20H18FN3O2S3/c1-13(25)17(11-14-5-3-2-4-6-14)22-18(26)12-28-19-23-24(20(27)29-19)16-9-7-15(21)8-10-16/h2-10,17H,11-12H2,1H3,(H,22,26)/t17-/m0/s1. The number of aromatic nitrogens is 2. The van der Waals surface area contributed by atoms with Crippen LogP contribution < -0.4 is 5.32 Å². The average molecular weight is 448 g/mol. The number of ketones is 1. The van der Waals surface area contributed by atoms with Gasteiger partial charge in [-0.1, -0.05) is 53.4 Å². The van der Waals surface area contributed by atoms with Gasteiger partial charge in [0.15, 0.2) is 14.1 Å². The first kappa shape index (κ1) is 21.4. The minimum absolute atomic E-state index is 0.0940. The summed E-state index contributed by atoms with van der Waals surface area (Å²) in [6, 6.07) is 14.8. The van der Waals surface area contributed by atoms with Gasteiger partial charge in [-0.15, -0.1) is 5.10 Å². The normalized spacial score (nSPS) is 11.8. The number of nitrogens with one attached hydrogen (secondary N) is 1. The van der Waals surface area contributed by atoms with E-state index in [0.717, 1.165) is 5.56 Å². The lowest BCUT2D eigenvalue weighted by atomic mass is 10.0. The van der Waals surface area contributed by atoms with Crippen LogP contribution in [0.5, 0.6) is 0 Å². The molecule has 3 aromatic rings. The SMILES string of the molecule is CC(=O)[C@H](Cc1ccccc1)NC(=O)CSc1nn(-c2ccc(F)cc2)c(=S)s1. The van der Waals surface area contributed by atoms with Crippen molar-refractivity contribution in [2.45, 2.75) is 23.7 Å². The predicted octanol–water partition coefficient (Wildman–Crippen LogP) is 4.21. The molecule has 1 aromatic heterocycles. The third-order valence-corrected chi connectivity index (χ3v) is 6.40. The summed E-state index contributed by atoms with van der Waals surface area (Å²) in [4.78, 5) is 24.3. The fourth-order valence-corrected chi connectivity index (χ4v) is 4.75. The van der Waals surface area contributed by atoms with E-state index in [1.54, 1.807) is 12.1 Å². The zero-order valence-corrected chi connectivity index (χ0v) is 18.0. The fourth-order valence-electron chi connectivity index (χ4n) is 2.57. The number of Topliss-reactive ketones (excluding diaryl/α,β-unsaturated/α-hetero) is 1. The van der Waals surface area contributed by atoms with Crippen molar-refractivity contribution in [1.29, 1.82) is 0 Å². The summed E-state index contributed by atoms with van der Waals surface area (Å²) >= 11 is 7.83. The Kier molecular flexibility index (Phi) is 7.29. The van der Waals surface area contributed by atoms with Crippen molar-refractivity contribution in [3.63, 3.8) is 0 Å². The molecule has 0 aliphatic heterocycles. The first-order valence-electron chi connectivity index (χ1n) is 8.75. The highest BCUT2D eigenvalue weighted by molar-refractivity contribution is 8.01. The van der Waals surface area contributed by atoms with Gasteiger partial charge in [-0.2, -0.15) is 0 Å². The number of amides is 1. The van der Waals surface area contributed by atoms with Crippen LogP contribution in [0.25, 0.3) is 5.69 Å². The van der Waals surface area contributed by atoms with Gasteiger partial charge in [0.2, 0.25) is 5.91 Å². The quantitative estimate of drug-likeness (QED) is 0.414. The molecule has 0 bridgehead atoms. The van der Waals surface area contributed by atoms with Gasteiger partial charge in [-0.25, -0.2) is 9.07 Å². The van der Waals surface area contributed by atoms with Crippen molar-refractivity contribution >= 4 is 47.0 Å². The predicted molar refractivity (Wildman–Crippen MR) is 116 cm³/mol. The van der Waals surface area contributed by atoms with E-state index in [2.05, 4.69) is 10.4 Å². The molecule has 0 radical (unpaired) electrons. The molecule has 29 heavy (non-hydrogen) atoms. The number of benzene rings is 2. The highest BCUT2D eigenvalue weighted by Crippen LogP contribution is 2.24. The molecule has 5 nitrogen and oxygen atoms in total. The molecule has 3 rings (SSSR count). The van der Waals surface area contributed by atoms with E-state index in [0.29, 0.717) is 20.4 Å². The molecule has 0 fully saturated rings. The van der Waals surface area contributed by atoms with Crippen molar-refractivity contribution in [3.05, 3.63) is 69.9 Å². The maximum absolute atomic E-state index is 13.1. The van der Waals surface area contributed by atoms with Crippen molar-refractivity contribution in [1.82, 2.24) is 15.1 Å². The largest absolute Gasteiger partial charge is 0.345 e. The molecular weight excluding hydrogens is 429 g/mol. The third-order valence-electron chi connectivity index (χ3n) is 4.04. The van der Waals surface area contributed by atoms with Crippen molar-refractivity contribution in [2.75, 3.05) is 5.75 Å². The van der Waals surface area contributed by atoms with Crippen LogP contribution in [-0.2, 0) is 16.0 Å². The number of nitrogens with zero attached hydrogens (tertiary/aromatic N) is 2. The lowest BCUT2D eigenvalue weighted by Gasteiger charge is -2.15. The van der Waals surface area contributed by atoms with Gasteiger partial charge in [-0.3, -0.25) is 9.59 Å². The van der Waals surface area contributed by atoms with Gasteiger partial charge >= 0.3 is 0 Å². The Labute approximate surface area is 181 Å². The van der Waals surface area contributed by atoms with Gasteiger partial charge in [0.05, 0.1) is 17.5 Å². The minimum atomic E-state index is -0.569. The van der Waals surface area contributed by atoms with Gasteiger partial charge < -0.3 is 5.32 Å². The monoisotopic (exact) mass is 447 g/mol. The van der Waals surface area contributed by atoms with E-state index < -0.39 is 6.04 Å². The molecule has 0 saturated heterocycles. The number of hydrogen-bond donors (Lipinski definition) is 1. The first-order chi connectivity index (χ1) is 13.9. The second kappa shape index (κ2) is 9.91. The molecule has 1 N–H and O–H groups in total. The second-order valence-corrected chi connectivity index (χ2v) is 9.08. The number of carbonyl (C=O) groups is 2. The van der Waals surface area contributed by atoms with Gasteiger partial charge in [0.1, 0.15) is 5.82 Å². The summed E-state index contributed by atoms with van der Waals surface area (Å²) < 4.78 is 15.8. The summed E-state index contributed by atoms with van der Waals surface area (Å²) in [7, 11) is 0. The second-order valence-electron chi connectivity index (χ2n) is 6.23. The summed E-state index contributed by atoms with van der Waals surface area (Å²) in [6.07, 6.45) is 0.449. The number of carbonyl (C=O) groups excluding carboxylic acids is 2. The molecule has 0 aliphatic carbocycles. The Morgan fingerprint density at radius 1 is 1.21 bits per heavy atom. The smallest absolute Gasteiger partial charge is 0.231 e. The molecule has 1 atom stereocenters. The molecule has 9 heteroatoms. The van der Waals surface area contributed by atoms with E-state index in [4.69, 9.17) is 12.2 Å². The number of thioether (sulfide) groups is 1. The highest BCUT2D eigenvalue weighted by Gasteiger charge is 2.18. The summed E-state index contributed by atoms with van der Waals surface area (Å²) in [6.45, 7) is 1.47. The van der Waals surface area contributed by atoms with Crippen LogP contribution in [0.1, 0.15) is 12.5 Å². The van der Waals surface area contributed by atoms with Crippen molar-refractivity contribution in [3.8, 4) is 5.69 Å². The zero-order valence-electron chi connectivity index (χ0n) is 15.5. The Balaban J connectivity index is 1.60. The molecule has 1 amide bonds. The first-order valence-corrected chi connectivity index (χ1v) is 11.0. The third kappa shape index (κ3) is 6.06. The van der Waals surface area contributed by atoms with Crippen LogP contribution in [0.3, 0.4) is 0 Å².